The van der Waals surface area contributed by atoms with Gasteiger partial charge in [0.2, 0.25) is 0 Å². The second-order valence-electron chi connectivity index (χ2n) is 3.49. The van der Waals surface area contributed by atoms with Gasteiger partial charge < -0.3 is 0 Å². The molecule has 0 unspecified atom stereocenters. The molecule has 15 heavy (non-hydrogen) atoms. The molecular formula is C11H14N2S2. The van der Waals surface area contributed by atoms with Gasteiger partial charge in [0.15, 0.2) is 0 Å². The molecule has 0 radical (unpaired) electrons. The molecule has 0 aromatic carbocycles. The Labute approximate surface area is 98.1 Å². The van der Waals surface area contributed by atoms with Gasteiger partial charge >= 0.3 is 0 Å². The summed E-state index contributed by atoms with van der Waals surface area (Å²) in [6.07, 6.45) is 2.86. The number of rotatable bonds is 3. The van der Waals surface area contributed by atoms with E-state index in [1.807, 2.05) is 11.8 Å². The topological polar surface area (TPSA) is 25.8 Å². The third-order valence-electron chi connectivity index (χ3n) is 2.37. The number of thiophene rings is 1. The van der Waals surface area contributed by atoms with Gasteiger partial charge in [-0.15, -0.1) is 23.1 Å². The average Bonchev–Trinajstić information content (AvgIpc) is 2.53. The van der Waals surface area contributed by atoms with Crippen LogP contribution in [0, 0.1) is 13.8 Å². The Bertz CT molecular complexity index is 477. The van der Waals surface area contributed by atoms with Crippen molar-refractivity contribution in [2.45, 2.75) is 32.2 Å². The maximum Gasteiger partial charge on any atom is 0.128 e. The molecule has 0 amide bonds. The van der Waals surface area contributed by atoms with E-state index in [1.165, 1.54) is 22.2 Å². The van der Waals surface area contributed by atoms with Gasteiger partial charge in [-0.2, -0.15) is 0 Å². The monoisotopic (exact) mass is 238 g/mol. The number of hydrogen-bond donors (Lipinski definition) is 0. The maximum atomic E-state index is 4.38. The molecule has 2 nitrogen and oxygen atoms in total. The zero-order valence-electron chi connectivity index (χ0n) is 9.20. The van der Waals surface area contributed by atoms with Crippen LogP contribution in [0.5, 0.6) is 0 Å². The molecule has 0 saturated heterocycles. The number of fused-ring (bicyclic) bond motifs is 1. The summed E-state index contributed by atoms with van der Waals surface area (Å²) in [7, 11) is 0. The summed E-state index contributed by atoms with van der Waals surface area (Å²) in [5.41, 5.74) is 1.34. The smallest absolute Gasteiger partial charge is 0.128 e. The van der Waals surface area contributed by atoms with Crippen LogP contribution >= 0.6 is 23.1 Å². The highest BCUT2D eigenvalue weighted by atomic mass is 32.2. The zero-order valence-corrected chi connectivity index (χ0v) is 10.8. The Kier molecular flexibility index (Phi) is 3.26. The molecule has 0 aliphatic heterocycles. The fourth-order valence-electron chi connectivity index (χ4n) is 1.46. The number of aromatic nitrogens is 2. The van der Waals surface area contributed by atoms with E-state index in [2.05, 4.69) is 30.7 Å². The van der Waals surface area contributed by atoms with Crippen LogP contribution in [0.1, 0.15) is 23.8 Å². The second kappa shape index (κ2) is 4.49. The highest BCUT2D eigenvalue weighted by Crippen LogP contribution is 2.34. The molecule has 0 aliphatic carbocycles. The fourth-order valence-corrected chi connectivity index (χ4v) is 3.43. The minimum atomic E-state index is 1.12. The second-order valence-corrected chi connectivity index (χ2v) is 5.78. The first kappa shape index (κ1) is 10.9. The summed E-state index contributed by atoms with van der Waals surface area (Å²) in [5.74, 6) is 1.13. The molecule has 0 N–H and O–H groups in total. The summed E-state index contributed by atoms with van der Waals surface area (Å²) in [6.45, 7) is 6.50. The Morgan fingerprint density at radius 1 is 1.33 bits per heavy atom. The van der Waals surface area contributed by atoms with Gasteiger partial charge in [-0.25, -0.2) is 9.97 Å². The van der Waals surface area contributed by atoms with Crippen molar-refractivity contribution in [3.8, 4) is 0 Å². The van der Waals surface area contributed by atoms with Crippen molar-refractivity contribution >= 4 is 33.3 Å². The van der Waals surface area contributed by atoms with E-state index < -0.39 is 0 Å². The summed E-state index contributed by atoms with van der Waals surface area (Å²) in [5, 5.41) is 2.40. The number of hydrogen-bond acceptors (Lipinski definition) is 4. The van der Waals surface area contributed by atoms with E-state index >= 15 is 0 Å². The average molecular weight is 238 g/mol. The van der Waals surface area contributed by atoms with Crippen LogP contribution in [0.2, 0.25) is 0 Å². The Balaban J connectivity index is 2.53. The van der Waals surface area contributed by atoms with Gasteiger partial charge in [0.05, 0.1) is 0 Å². The van der Waals surface area contributed by atoms with Crippen molar-refractivity contribution in [1.82, 2.24) is 9.97 Å². The molecule has 2 rings (SSSR count). The standard InChI is InChI=1S/C11H14N2S2/c1-4-5-14-10-9-7(2)8(3)15-11(9)13-6-12-10/h6H,4-5H2,1-3H3. The third kappa shape index (κ3) is 2.01. The molecular weight excluding hydrogens is 224 g/mol. The summed E-state index contributed by atoms with van der Waals surface area (Å²) in [6, 6.07) is 0. The number of nitrogens with zero attached hydrogens (tertiary/aromatic N) is 2. The van der Waals surface area contributed by atoms with E-state index in [0.717, 1.165) is 15.6 Å². The van der Waals surface area contributed by atoms with E-state index in [1.54, 1.807) is 17.7 Å². The quantitative estimate of drug-likeness (QED) is 0.600. The molecule has 4 heteroatoms. The molecule has 80 valence electrons. The lowest BCUT2D eigenvalue weighted by Crippen LogP contribution is -1.86. The molecule has 0 atom stereocenters. The Hall–Kier alpha value is -0.610. The first-order valence-corrected chi connectivity index (χ1v) is 6.87. The van der Waals surface area contributed by atoms with Crippen LogP contribution in [0.25, 0.3) is 10.2 Å². The highest BCUT2D eigenvalue weighted by molar-refractivity contribution is 7.99. The van der Waals surface area contributed by atoms with E-state index in [-0.39, 0.29) is 0 Å². The van der Waals surface area contributed by atoms with Crippen molar-refractivity contribution in [1.29, 1.82) is 0 Å². The van der Waals surface area contributed by atoms with Crippen molar-refractivity contribution in [3.05, 3.63) is 16.8 Å². The van der Waals surface area contributed by atoms with Gasteiger partial charge in [0.1, 0.15) is 16.2 Å². The van der Waals surface area contributed by atoms with Crippen molar-refractivity contribution < 1.29 is 0 Å². The van der Waals surface area contributed by atoms with E-state index in [0.29, 0.717) is 0 Å². The third-order valence-corrected chi connectivity index (χ3v) is 4.68. The van der Waals surface area contributed by atoms with Crippen molar-refractivity contribution in [2.24, 2.45) is 0 Å². The zero-order chi connectivity index (χ0) is 10.8. The van der Waals surface area contributed by atoms with Crippen LogP contribution in [-0.2, 0) is 0 Å². The van der Waals surface area contributed by atoms with Gasteiger partial charge in [-0.3, -0.25) is 0 Å². The molecule has 0 saturated carbocycles. The molecule has 0 bridgehead atoms. The van der Waals surface area contributed by atoms with Crippen LogP contribution in [0.15, 0.2) is 11.4 Å². The first-order chi connectivity index (χ1) is 7.24. The van der Waals surface area contributed by atoms with Crippen LogP contribution < -0.4 is 0 Å². The van der Waals surface area contributed by atoms with Crippen molar-refractivity contribution in [3.63, 3.8) is 0 Å². The molecule has 0 spiro atoms. The predicted molar refractivity (Wildman–Crippen MR) is 67.9 cm³/mol. The Morgan fingerprint density at radius 3 is 2.87 bits per heavy atom. The Morgan fingerprint density at radius 2 is 2.13 bits per heavy atom. The van der Waals surface area contributed by atoms with Gasteiger partial charge in [0.25, 0.3) is 0 Å². The van der Waals surface area contributed by atoms with Crippen LogP contribution in [0.4, 0.5) is 0 Å². The van der Waals surface area contributed by atoms with Gasteiger partial charge in [0, 0.05) is 10.3 Å². The molecule has 0 aliphatic rings. The number of thioether (sulfide) groups is 1. The normalized spacial score (nSPS) is 11.1. The summed E-state index contributed by atoms with van der Waals surface area (Å²) in [4.78, 5) is 11.2. The summed E-state index contributed by atoms with van der Waals surface area (Å²) >= 11 is 3.59. The predicted octanol–water partition coefficient (Wildman–Crippen LogP) is 3.81. The highest BCUT2D eigenvalue weighted by Gasteiger charge is 2.11. The van der Waals surface area contributed by atoms with Gasteiger partial charge in [-0.05, 0) is 31.6 Å². The minimum Gasteiger partial charge on any atom is -0.229 e. The fraction of sp³-hybridized carbons (Fsp3) is 0.455. The number of aryl methyl sites for hydroxylation is 2. The molecule has 2 heterocycles. The molecule has 0 fully saturated rings. The van der Waals surface area contributed by atoms with Crippen molar-refractivity contribution in [2.75, 3.05) is 5.75 Å². The van der Waals surface area contributed by atoms with Crippen LogP contribution in [-0.4, -0.2) is 15.7 Å². The molecule has 2 aromatic heterocycles. The summed E-state index contributed by atoms with van der Waals surface area (Å²) < 4.78 is 0. The lowest BCUT2D eigenvalue weighted by molar-refractivity contribution is 1.07. The maximum absolute atomic E-state index is 4.38. The first-order valence-electron chi connectivity index (χ1n) is 5.07. The SMILES string of the molecule is CCCSc1ncnc2sc(C)c(C)c12. The van der Waals surface area contributed by atoms with Crippen LogP contribution in [0.3, 0.4) is 0 Å². The lowest BCUT2D eigenvalue weighted by Gasteiger charge is -2.01. The largest absolute Gasteiger partial charge is 0.229 e. The minimum absolute atomic E-state index is 1.12. The van der Waals surface area contributed by atoms with E-state index in [9.17, 15) is 0 Å². The van der Waals surface area contributed by atoms with E-state index in [4.69, 9.17) is 0 Å². The molecule has 2 aromatic rings. The lowest BCUT2D eigenvalue weighted by atomic mass is 10.2. The van der Waals surface area contributed by atoms with Gasteiger partial charge in [-0.1, -0.05) is 6.92 Å².